The van der Waals surface area contributed by atoms with Gasteiger partial charge in [0.1, 0.15) is 0 Å². The van der Waals surface area contributed by atoms with Crippen molar-refractivity contribution >= 4 is 34.9 Å². The Balaban J connectivity index is 1.30. The molecule has 8 heteroatoms. The van der Waals surface area contributed by atoms with Gasteiger partial charge >= 0.3 is 6.03 Å². The number of carbonyl (C=O) groups is 2. The Morgan fingerprint density at radius 2 is 1.78 bits per heavy atom. The van der Waals surface area contributed by atoms with Crippen molar-refractivity contribution in [2.75, 3.05) is 39.3 Å². The third kappa shape index (κ3) is 5.95. The van der Waals surface area contributed by atoms with E-state index in [0.29, 0.717) is 18.1 Å². The molecule has 3 rings (SSSR count). The first-order chi connectivity index (χ1) is 13.1. The number of halogens is 1. The fraction of sp³-hybridized carbons (Fsp3) is 0.368. The van der Waals surface area contributed by atoms with E-state index in [1.54, 1.807) is 12.1 Å². The minimum Gasteiger partial charge on any atom is -0.337 e. The Morgan fingerprint density at radius 1 is 1.04 bits per heavy atom. The molecular formula is C19H23ClN4O2S. The van der Waals surface area contributed by atoms with E-state index in [-0.39, 0.29) is 11.9 Å². The molecule has 0 spiro atoms. The van der Waals surface area contributed by atoms with Gasteiger partial charge in [0.25, 0.3) is 5.91 Å². The Labute approximate surface area is 168 Å². The first kappa shape index (κ1) is 19.7. The van der Waals surface area contributed by atoms with E-state index in [2.05, 4.69) is 15.5 Å². The van der Waals surface area contributed by atoms with Gasteiger partial charge in [0.2, 0.25) is 0 Å². The van der Waals surface area contributed by atoms with Crippen molar-refractivity contribution in [3.8, 4) is 0 Å². The van der Waals surface area contributed by atoms with Crippen LogP contribution in [0.5, 0.6) is 0 Å². The maximum absolute atomic E-state index is 12.3. The lowest BCUT2D eigenvalue weighted by molar-refractivity contribution is 0.0644. The molecule has 0 aliphatic carbocycles. The average Bonchev–Trinajstić information content (AvgIpc) is 3.22. The van der Waals surface area contributed by atoms with Crippen LogP contribution in [0.25, 0.3) is 0 Å². The Morgan fingerprint density at radius 3 is 2.44 bits per heavy atom. The fourth-order valence-electron chi connectivity index (χ4n) is 2.91. The SMILES string of the molecule is O=C(NCCN1CCN(C(=O)c2cccs2)CC1)NCc1ccc(Cl)cc1. The van der Waals surface area contributed by atoms with Crippen molar-refractivity contribution in [2.24, 2.45) is 0 Å². The van der Waals surface area contributed by atoms with Gasteiger partial charge in [0.05, 0.1) is 4.88 Å². The van der Waals surface area contributed by atoms with Gasteiger partial charge in [-0.05, 0) is 29.1 Å². The number of urea groups is 1. The third-order valence-corrected chi connectivity index (χ3v) is 5.58. The molecular weight excluding hydrogens is 384 g/mol. The molecule has 1 saturated heterocycles. The molecule has 2 N–H and O–H groups in total. The second kappa shape index (κ2) is 9.73. The van der Waals surface area contributed by atoms with E-state index in [0.717, 1.165) is 43.2 Å². The van der Waals surface area contributed by atoms with Gasteiger partial charge in [-0.2, -0.15) is 0 Å². The largest absolute Gasteiger partial charge is 0.337 e. The van der Waals surface area contributed by atoms with Gasteiger partial charge in [-0.3, -0.25) is 9.69 Å². The highest BCUT2D eigenvalue weighted by atomic mass is 35.5. The molecule has 6 nitrogen and oxygen atoms in total. The van der Waals surface area contributed by atoms with Crippen LogP contribution in [-0.2, 0) is 6.54 Å². The molecule has 2 aromatic rings. The van der Waals surface area contributed by atoms with Crippen LogP contribution in [0.4, 0.5) is 4.79 Å². The van der Waals surface area contributed by atoms with E-state index in [9.17, 15) is 9.59 Å². The van der Waals surface area contributed by atoms with Crippen molar-refractivity contribution < 1.29 is 9.59 Å². The molecule has 144 valence electrons. The number of nitrogens with one attached hydrogen (secondary N) is 2. The van der Waals surface area contributed by atoms with Crippen molar-refractivity contribution in [3.63, 3.8) is 0 Å². The summed E-state index contributed by atoms with van der Waals surface area (Å²) >= 11 is 7.32. The van der Waals surface area contributed by atoms with Gasteiger partial charge in [-0.1, -0.05) is 29.8 Å². The molecule has 0 saturated carbocycles. The van der Waals surface area contributed by atoms with Crippen molar-refractivity contribution in [1.29, 1.82) is 0 Å². The van der Waals surface area contributed by atoms with Crippen LogP contribution in [0, 0.1) is 0 Å². The van der Waals surface area contributed by atoms with Crippen LogP contribution >= 0.6 is 22.9 Å². The van der Waals surface area contributed by atoms with E-state index >= 15 is 0 Å². The minimum absolute atomic E-state index is 0.115. The number of carbonyl (C=O) groups excluding carboxylic acids is 2. The number of amides is 3. The Hall–Kier alpha value is -2.09. The van der Waals surface area contributed by atoms with Crippen LogP contribution in [0.3, 0.4) is 0 Å². The second-order valence-electron chi connectivity index (χ2n) is 6.35. The lowest BCUT2D eigenvalue weighted by Gasteiger charge is -2.34. The van der Waals surface area contributed by atoms with Gasteiger partial charge in [-0.15, -0.1) is 11.3 Å². The summed E-state index contributed by atoms with van der Waals surface area (Å²) < 4.78 is 0. The topological polar surface area (TPSA) is 64.7 Å². The molecule has 0 bridgehead atoms. The van der Waals surface area contributed by atoms with Gasteiger partial charge in [0, 0.05) is 50.8 Å². The molecule has 1 fully saturated rings. The zero-order chi connectivity index (χ0) is 19.1. The standard InChI is InChI=1S/C19H23ClN4O2S/c20-16-5-3-15(4-6-16)14-22-19(26)21-7-8-23-9-11-24(12-10-23)18(25)17-2-1-13-27-17/h1-6,13H,7-12,14H2,(H2,21,22,26). The van der Waals surface area contributed by atoms with Gasteiger partial charge < -0.3 is 15.5 Å². The Kier molecular flexibility index (Phi) is 7.09. The zero-order valence-corrected chi connectivity index (χ0v) is 16.6. The van der Waals surface area contributed by atoms with Crippen LogP contribution < -0.4 is 10.6 Å². The first-order valence-electron chi connectivity index (χ1n) is 8.93. The molecule has 3 amide bonds. The predicted octanol–water partition coefficient (Wildman–Crippen LogP) is 2.66. The second-order valence-corrected chi connectivity index (χ2v) is 7.73. The van der Waals surface area contributed by atoms with Crippen LogP contribution in [0.1, 0.15) is 15.2 Å². The lowest BCUT2D eigenvalue weighted by atomic mass is 10.2. The summed E-state index contributed by atoms with van der Waals surface area (Å²) in [4.78, 5) is 29.2. The third-order valence-electron chi connectivity index (χ3n) is 4.47. The molecule has 1 aliphatic rings. The molecule has 1 aromatic carbocycles. The summed E-state index contributed by atoms with van der Waals surface area (Å²) in [5.74, 6) is 0.115. The highest BCUT2D eigenvalue weighted by molar-refractivity contribution is 7.12. The molecule has 1 aromatic heterocycles. The highest BCUT2D eigenvalue weighted by Crippen LogP contribution is 2.13. The fourth-order valence-corrected chi connectivity index (χ4v) is 3.72. The Bertz CT molecular complexity index is 744. The summed E-state index contributed by atoms with van der Waals surface area (Å²) in [5.41, 5.74) is 1.00. The molecule has 0 unspecified atom stereocenters. The molecule has 27 heavy (non-hydrogen) atoms. The number of nitrogens with zero attached hydrogens (tertiary/aromatic N) is 2. The quantitative estimate of drug-likeness (QED) is 0.775. The van der Waals surface area contributed by atoms with Gasteiger partial charge in [0.15, 0.2) is 0 Å². The summed E-state index contributed by atoms with van der Waals surface area (Å²) in [7, 11) is 0. The lowest BCUT2D eigenvalue weighted by Crippen LogP contribution is -2.50. The van der Waals surface area contributed by atoms with E-state index in [1.807, 2.05) is 34.5 Å². The summed E-state index contributed by atoms with van der Waals surface area (Å²) in [5, 5.41) is 8.31. The number of benzene rings is 1. The van der Waals surface area contributed by atoms with Crippen LogP contribution in [0.15, 0.2) is 41.8 Å². The number of hydrogen-bond donors (Lipinski definition) is 2. The van der Waals surface area contributed by atoms with E-state index in [1.165, 1.54) is 11.3 Å². The average molecular weight is 407 g/mol. The number of piperazine rings is 1. The normalized spacial score (nSPS) is 14.8. The summed E-state index contributed by atoms with van der Waals surface area (Å²) in [6, 6.07) is 11.0. The molecule has 1 aliphatic heterocycles. The van der Waals surface area contributed by atoms with Crippen molar-refractivity contribution in [1.82, 2.24) is 20.4 Å². The highest BCUT2D eigenvalue weighted by Gasteiger charge is 2.22. The van der Waals surface area contributed by atoms with Crippen molar-refractivity contribution in [3.05, 3.63) is 57.2 Å². The summed E-state index contributed by atoms with van der Waals surface area (Å²) in [6.45, 7) is 4.91. The van der Waals surface area contributed by atoms with E-state index in [4.69, 9.17) is 11.6 Å². The van der Waals surface area contributed by atoms with Crippen LogP contribution in [-0.4, -0.2) is 61.0 Å². The smallest absolute Gasteiger partial charge is 0.315 e. The molecule has 2 heterocycles. The number of rotatable bonds is 6. The monoisotopic (exact) mass is 406 g/mol. The van der Waals surface area contributed by atoms with Gasteiger partial charge in [-0.25, -0.2) is 4.79 Å². The maximum Gasteiger partial charge on any atom is 0.315 e. The number of thiophene rings is 1. The van der Waals surface area contributed by atoms with Crippen LogP contribution in [0.2, 0.25) is 5.02 Å². The summed E-state index contributed by atoms with van der Waals surface area (Å²) in [6.07, 6.45) is 0. The predicted molar refractivity (Wildman–Crippen MR) is 108 cm³/mol. The zero-order valence-electron chi connectivity index (χ0n) is 15.0. The molecule has 0 radical (unpaired) electrons. The maximum atomic E-state index is 12.3. The first-order valence-corrected chi connectivity index (χ1v) is 10.2. The minimum atomic E-state index is -0.184. The number of hydrogen-bond acceptors (Lipinski definition) is 4. The van der Waals surface area contributed by atoms with Crippen molar-refractivity contribution in [2.45, 2.75) is 6.54 Å². The molecule has 0 atom stereocenters. The van der Waals surface area contributed by atoms with E-state index < -0.39 is 0 Å².